The number of hydrogen-bond acceptors (Lipinski definition) is 2. The summed E-state index contributed by atoms with van der Waals surface area (Å²) >= 11 is 3.45. The minimum absolute atomic E-state index is 0.112. The van der Waals surface area contributed by atoms with Crippen molar-refractivity contribution < 1.29 is 4.74 Å². The van der Waals surface area contributed by atoms with Crippen molar-refractivity contribution in [3.63, 3.8) is 0 Å². The molecule has 1 fully saturated rings. The van der Waals surface area contributed by atoms with Crippen molar-refractivity contribution in [3.8, 4) is 5.75 Å². The summed E-state index contributed by atoms with van der Waals surface area (Å²) in [6.45, 7) is 0.955. The third kappa shape index (κ3) is 1.22. The van der Waals surface area contributed by atoms with E-state index in [1.54, 1.807) is 0 Å². The Balaban J connectivity index is 1.94. The van der Waals surface area contributed by atoms with Crippen LogP contribution in [0.1, 0.15) is 19.3 Å². The van der Waals surface area contributed by atoms with Gasteiger partial charge in [-0.2, -0.15) is 0 Å². The zero-order valence-corrected chi connectivity index (χ0v) is 9.43. The lowest BCUT2D eigenvalue weighted by atomic mass is 9.79. The molecule has 3 heteroatoms. The standard InChI is InChI=1S/C11H12BrNO/c12-8-2-3-10-9(6-8)13-7-11(14-10)4-1-5-11/h2-3,6,13H,1,4-5,7H2. The van der Waals surface area contributed by atoms with Gasteiger partial charge in [0.05, 0.1) is 12.2 Å². The minimum Gasteiger partial charge on any atom is -0.483 e. The van der Waals surface area contributed by atoms with Gasteiger partial charge in [-0.05, 0) is 37.5 Å². The van der Waals surface area contributed by atoms with Gasteiger partial charge in [0.25, 0.3) is 0 Å². The second kappa shape index (κ2) is 2.89. The van der Waals surface area contributed by atoms with Gasteiger partial charge in [0, 0.05) is 4.47 Å². The van der Waals surface area contributed by atoms with Gasteiger partial charge < -0.3 is 10.1 Å². The summed E-state index contributed by atoms with van der Waals surface area (Å²) in [5.74, 6) is 0.999. The molecule has 1 aromatic carbocycles. The Hall–Kier alpha value is -0.700. The quantitative estimate of drug-likeness (QED) is 0.767. The minimum atomic E-state index is 0.112. The van der Waals surface area contributed by atoms with E-state index >= 15 is 0 Å². The largest absolute Gasteiger partial charge is 0.483 e. The molecule has 74 valence electrons. The third-order valence-corrected chi connectivity index (χ3v) is 3.63. The van der Waals surface area contributed by atoms with Gasteiger partial charge in [0.15, 0.2) is 0 Å². The first-order valence-corrected chi connectivity index (χ1v) is 5.79. The van der Waals surface area contributed by atoms with Crippen molar-refractivity contribution in [2.75, 3.05) is 11.9 Å². The molecule has 1 aromatic rings. The summed E-state index contributed by atoms with van der Waals surface area (Å²) in [5.41, 5.74) is 1.22. The number of ether oxygens (including phenoxy) is 1. The summed E-state index contributed by atoms with van der Waals surface area (Å²) in [6, 6.07) is 6.13. The van der Waals surface area contributed by atoms with Crippen LogP contribution in [-0.4, -0.2) is 12.1 Å². The molecule has 0 atom stereocenters. The Morgan fingerprint density at radius 2 is 2.21 bits per heavy atom. The van der Waals surface area contributed by atoms with E-state index in [2.05, 4.69) is 27.3 Å². The molecule has 1 spiro atoms. The van der Waals surface area contributed by atoms with Crippen LogP contribution in [0, 0.1) is 0 Å². The molecule has 0 unspecified atom stereocenters. The molecule has 3 rings (SSSR count). The highest BCUT2D eigenvalue weighted by Gasteiger charge is 2.41. The molecular formula is C11H12BrNO. The maximum atomic E-state index is 6.03. The van der Waals surface area contributed by atoms with Crippen LogP contribution in [0.15, 0.2) is 22.7 Å². The number of rotatable bonds is 0. The van der Waals surface area contributed by atoms with Crippen LogP contribution < -0.4 is 10.1 Å². The van der Waals surface area contributed by atoms with Gasteiger partial charge in [-0.3, -0.25) is 0 Å². The second-order valence-electron chi connectivity index (χ2n) is 4.13. The molecule has 1 N–H and O–H groups in total. The highest BCUT2D eigenvalue weighted by Crippen LogP contribution is 2.43. The summed E-state index contributed by atoms with van der Waals surface area (Å²) in [7, 11) is 0. The van der Waals surface area contributed by atoms with Crippen LogP contribution in [0.2, 0.25) is 0 Å². The van der Waals surface area contributed by atoms with Crippen molar-refractivity contribution in [3.05, 3.63) is 22.7 Å². The molecule has 2 aliphatic rings. The predicted molar refractivity (Wildman–Crippen MR) is 59.8 cm³/mol. The fourth-order valence-electron chi connectivity index (χ4n) is 2.10. The Morgan fingerprint density at radius 1 is 1.36 bits per heavy atom. The van der Waals surface area contributed by atoms with Crippen LogP contribution in [-0.2, 0) is 0 Å². The Bertz CT molecular complexity index is 374. The first kappa shape index (κ1) is 8.60. The normalized spacial score (nSPS) is 21.8. The first-order chi connectivity index (χ1) is 6.77. The van der Waals surface area contributed by atoms with Gasteiger partial charge >= 0.3 is 0 Å². The Morgan fingerprint density at radius 3 is 2.93 bits per heavy atom. The number of nitrogens with one attached hydrogen (secondary N) is 1. The molecule has 0 radical (unpaired) electrons. The molecule has 0 amide bonds. The van der Waals surface area contributed by atoms with Crippen molar-refractivity contribution in [2.24, 2.45) is 0 Å². The zero-order valence-electron chi connectivity index (χ0n) is 7.85. The van der Waals surface area contributed by atoms with E-state index in [9.17, 15) is 0 Å². The fourth-order valence-corrected chi connectivity index (χ4v) is 2.47. The van der Waals surface area contributed by atoms with Crippen molar-refractivity contribution in [1.82, 2.24) is 0 Å². The van der Waals surface area contributed by atoms with Crippen LogP contribution in [0.3, 0.4) is 0 Å². The number of anilines is 1. The van der Waals surface area contributed by atoms with Gasteiger partial charge in [-0.15, -0.1) is 0 Å². The van der Waals surface area contributed by atoms with E-state index < -0.39 is 0 Å². The average molecular weight is 254 g/mol. The molecule has 0 saturated heterocycles. The molecule has 1 saturated carbocycles. The molecule has 0 bridgehead atoms. The zero-order chi connectivity index (χ0) is 9.60. The Labute approximate surface area is 91.8 Å². The monoisotopic (exact) mass is 253 g/mol. The molecular weight excluding hydrogens is 242 g/mol. The highest BCUT2D eigenvalue weighted by molar-refractivity contribution is 9.10. The maximum absolute atomic E-state index is 6.03. The number of halogens is 1. The number of hydrogen-bond donors (Lipinski definition) is 1. The number of fused-ring (bicyclic) bond motifs is 1. The third-order valence-electron chi connectivity index (χ3n) is 3.13. The Kier molecular flexibility index (Phi) is 1.78. The average Bonchev–Trinajstić information content (AvgIpc) is 2.15. The van der Waals surface area contributed by atoms with Crippen LogP contribution in [0.5, 0.6) is 5.75 Å². The van der Waals surface area contributed by atoms with Gasteiger partial charge in [-0.1, -0.05) is 15.9 Å². The molecule has 0 aromatic heterocycles. The number of benzene rings is 1. The van der Waals surface area contributed by atoms with E-state index in [4.69, 9.17) is 4.74 Å². The van der Waals surface area contributed by atoms with Crippen molar-refractivity contribution >= 4 is 21.6 Å². The maximum Gasteiger partial charge on any atom is 0.143 e. The first-order valence-electron chi connectivity index (χ1n) is 5.00. The highest BCUT2D eigenvalue weighted by atomic mass is 79.9. The lowest BCUT2D eigenvalue weighted by Crippen LogP contribution is -2.51. The summed E-state index contributed by atoms with van der Waals surface area (Å²) in [5, 5.41) is 3.44. The van der Waals surface area contributed by atoms with Crippen molar-refractivity contribution in [1.29, 1.82) is 0 Å². The predicted octanol–water partition coefficient (Wildman–Crippen LogP) is 3.18. The van der Waals surface area contributed by atoms with E-state index in [-0.39, 0.29) is 5.60 Å². The molecule has 2 nitrogen and oxygen atoms in total. The van der Waals surface area contributed by atoms with Crippen LogP contribution in [0.25, 0.3) is 0 Å². The van der Waals surface area contributed by atoms with E-state index in [0.29, 0.717) is 0 Å². The van der Waals surface area contributed by atoms with E-state index in [0.717, 1.165) is 22.5 Å². The summed E-state index contributed by atoms with van der Waals surface area (Å²) in [4.78, 5) is 0. The van der Waals surface area contributed by atoms with Gasteiger partial charge in [0.2, 0.25) is 0 Å². The van der Waals surface area contributed by atoms with Gasteiger partial charge in [-0.25, -0.2) is 0 Å². The van der Waals surface area contributed by atoms with Crippen molar-refractivity contribution in [2.45, 2.75) is 24.9 Å². The van der Waals surface area contributed by atoms with E-state index in [1.807, 2.05) is 12.1 Å². The molecule has 1 heterocycles. The SMILES string of the molecule is Brc1ccc2c(c1)NCC1(CCC1)O2. The molecule has 1 aliphatic heterocycles. The van der Waals surface area contributed by atoms with Gasteiger partial charge in [0.1, 0.15) is 11.4 Å². The fraction of sp³-hybridized carbons (Fsp3) is 0.455. The topological polar surface area (TPSA) is 21.3 Å². The second-order valence-corrected chi connectivity index (χ2v) is 5.05. The summed E-state index contributed by atoms with van der Waals surface area (Å²) < 4.78 is 7.12. The molecule has 14 heavy (non-hydrogen) atoms. The lowest BCUT2D eigenvalue weighted by molar-refractivity contribution is 0.000189. The summed E-state index contributed by atoms with van der Waals surface area (Å²) in [6.07, 6.45) is 3.68. The van der Waals surface area contributed by atoms with E-state index in [1.165, 1.54) is 19.3 Å². The molecule has 1 aliphatic carbocycles. The van der Waals surface area contributed by atoms with Crippen LogP contribution >= 0.6 is 15.9 Å². The smallest absolute Gasteiger partial charge is 0.143 e. The van der Waals surface area contributed by atoms with Crippen LogP contribution in [0.4, 0.5) is 5.69 Å². The lowest BCUT2D eigenvalue weighted by Gasteiger charge is -2.45.